The Balaban J connectivity index is 1.83. The van der Waals surface area contributed by atoms with Crippen molar-refractivity contribution >= 4 is 27.5 Å². The van der Waals surface area contributed by atoms with Crippen molar-refractivity contribution in [3.8, 4) is 5.75 Å². The van der Waals surface area contributed by atoms with Gasteiger partial charge in [-0.25, -0.2) is 0 Å². The summed E-state index contributed by atoms with van der Waals surface area (Å²) in [4.78, 5) is 14.3. The predicted molar refractivity (Wildman–Crippen MR) is 88.7 cm³/mol. The molecule has 1 saturated heterocycles. The summed E-state index contributed by atoms with van der Waals surface area (Å²) in [6.07, 6.45) is 0.372. The first-order chi connectivity index (χ1) is 10.7. The monoisotopic (exact) mass is 317 g/mol. The Bertz CT molecular complexity index is 719. The molecule has 0 saturated carbocycles. The quantitative estimate of drug-likeness (QED) is 0.870. The zero-order valence-electron chi connectivity index (χ0n) is 12.6. The number of hydrogen-bond donors (Lipinski definition) is 0. The van der Waals surface area contributed by atoms with E-state index in [0.29, 0.717) is 31.0 Å². The van der Waals surface area contributed by atoms with Crippen LogP contribution in [0.5, 0.6) is 5.75 Å². The third-order valence-electron chi connectivity index (χ3n) is 4.05. The van der Waals surface area contributed by atoms with Crippen LogP contribution in [-0.4, -0.2) is 46.7 Å². The van der Waals surface area contributed by atoms with Crippen molar-refractivity contribution < 1.29 is 13.7 Å². The lowest BCUT2D eigenvalue weighted by Gasteiger charge is -2.26. The SMILES string of the molecule is COc1ccc2cccc(CC(=O)N3CCS(=O)CC3)c2c1. The molecule has 1 aliphatic rings. The van der Waals surface area contributed by atoms with E-state index in [1.165, 1.54) is 0 Å². The third-order valence-corrected chi connectivity index (χ3v) is 5.33. The number of rotatable bonds is 3. The molecule has 0 aromatic heterocycles. The minimum atomic E-state index is -0.761. The molecular formula is C17H19NO3S. The average molecular weight is 317 g/mol. The van der Waals surface area contributed by atoms with E-state index in [1.54, 1.807) is 7.11 Å². The van der Waals surface area contributed by atoms with Gasteiger partial charge in [0.25, 0.3) is 0 Å². The molecule has 0 spiro atoms. The highest BCUT2D eigenvalue weighted by molar-refractivity contribution is 7.85. The summed E-state index contributed by atoms with van der Waals surface area (Å²) in [7, 11) is 0.881. The molecule has 1 fully saturated rings. The molecule has 0 N–H and O–H groups in total. The first-order valence-corrected chi connectivity index (χ1v) is 8.84. The number of hydrogen-bond acceptors (Lipinski definition) is 3. The van der Waals surface area contributed by atoms with E-state index in [1.807, 2.05) is 41.3 Å². The Morgan fingerprint density at radius 2 is 2.00 bits per heavy atom. The second-order valence-electron chi connectivity index (χ2n) is 5.41. The number of carbonyl (C=O) groups is 1. The fourth-order valence-electron chi connectivity index (χ4n) is 2.76. The van der Waals surface area contributed by atoms with E-state index in [-0.39, 0.29) is 5.91 Å². The normalized spacial score (nSPS) is 16.0. The predicted octanol–water partition coefficient (Wildman–Crippen LogP) is 1.98. The highest BCUT2D eigenvalue weighted by atomic mass is 32.2. The molecular weight excluding hydrogens is 298 g/mol. The molecule has 116 valence electrons. The van der Waals surface area contributed by atoms with E-state index in [2.05, 4.69) is 0 Å². The smallest absolute Gasteiger partial charge is 0.227 e. The minimum absolute atomic E-state index is 0.104. The molecule has 0 aliphatic carbocycles. The molecule has 2 aromatic rings. The molecule has 1 heterocycles. The van der Waals surface area contributed by atoms with Crippen LogP contribution in [0.15, 0.2) is 36.4 Å². The maximum Gasteiger partial charge on any atom is 0.227 e. The van der Waals surface area contributed by atoms with Gasteiger partial charge in [0, 0.05) is 35.4 Å². The Morgan fingerprint density at radius 3 is 2.73 bits per heavy atom. The average Bonchev–Trinajstić information content (AvgIpc) is 2.55. The number of amides is 1. The summed E-state index contributed by atoms with van der Waals surface area (Å²) in [6, 6.07) is 11.9. The summed E-state index contributed by atoms with van der Waals surface area (Å²) < 4.78 is 16.7. The van der Waals surface area contributed by atoms with Crippen molar-refractivity contribution in [3.05, 3.63) is 42.0 Å². The Labute approximate surface area is 132 Å². The summed E-state index contributed by atoms with van der Waals surface area (Å²) in [5, 5.41) is 2.15. The van der Waals surface area contributed by atoms with E-state index in [9.17, 15) is 9.00 Å². The van der Waals surface area contributed by atoms with Gasteiger partial charge in [-0.3, -0.25) is 9.00 Å². The number of carbonyl (C=O) groups excluding carboxylic acids is 1. The van der Waals surface area contributed by atoms with E-state index in [4.69, 9.17) is 4.74 Å². The van der Waals surface area contributed by atoms with Crippen LogP contribution in [0.25, 0.3) is 10.8 Å². The van der Waals surface area contributed by atoms with Crippen LogP contribution in [0.2, 0.25) is 0 Å². The zero-order valence-corrected chi connectivity index (χ0v) is 13.4. The maximum absolute atomic E-state index is 12.5. The largest absolute Gasteiger partial charge is 0.497 e. The molecule has 0 bridgehead atoms. The standard InChI is InChI=1S/C17H19NO3S/c1-21-15-6-5-13-3-2-4-14(16(13)12-15)11-17(19)18-7-9-22(20)10-8-18/h2-6,12H,7-11H2,1H3. The van der Waals surface area contributed by atoms with Gasteiger partial charge in [-0.15, -0.1) is 0 Å². The van der Waals surface area contributed by atoms with Crippen molar-refractivity contribution in [2.45, 2.75) is 6.42 Å². The van der Waals surface area contributed by atoms with Crippen LogP contribution < -0.4 is 4.74 Å². The van der Waals surface area contributed by atoms with Crippen molar-refractivity contribution in [2.24, 2.45) is 0 Å². The molecule has 2 aromatic carbocycles. The first kappa shape index (κ1) is 15.0. The number of nitrogens with zero attached hydrogens (tertiary/aromatic N) is 1. The minimum Gasteiger partial charge on any atom is -0.497 e. The Morgan fingerprint density at radius 1 is 1.23 bits per heavy atom. The van der Waals surface area contributed by atoms with Crippen LogP contribution >= 0.6 is 0 Å². The molecule has 0 unspecified atom stereocenters. The number of methoxy groups -OCH3 is 1. The van der Waals surface area contributed by atoms with Crippen molar-refractivity contribution in [2.75, 3.05) is 31.7 Å². The van der Waals surface area contributed by atoms with Gasteiger partial charge < -0.3 is 9.64 Å². The van der Waals surface area contributed by atoms with Crippen LogP contribution in [-0.2, 0) is 22.0 Å². The lowest BCUT2D eigenvalue weighted by atomic mass is 10.0. The zero-order chi connectivity index (χ0) is 15.5. The van der Waals surface area contributed by atoms with Crippen molar-refractivity contribution in [3.63, 3.8) is 0 Å². The molecule has 1 amide bonds. The van der Waals surface area contributed by atoms with Gasteiger partial charge in [0.2, 0.25) is 5.91 Å². The molecule has 22 heavy (non-hydrogen) atoms. The van der Waals surface area contributed by atoms with Gasteiger partial charge >= 0.3 is 0 Å². The fourth-order valence-corrected chi connectivity index (χ4v) is 3.81. The van der Waals surface area contributed by atoms with E-state index >= 15 is 0 Å². The molecule has 1 aliphatic heterocycles. The summed E-state index contributed by atoms with van der Waals surface area (Å²) >= 11 is 0. The summed E-state index contributed by atoms with van der Waals surface area (Å²) in [5.74, 6) is 2.08. The number of ether oxygens (including phenoxy) is 1. The second kappa shape index (κ2) is 6.48. The molecule has 3 rings (SSSR count). The fraction of sp³-hybridized carbons (Fsp3) is 0.353. The van der Waals surface area contributed by atoms with Gasteiger partial charge in [0.15, 0.2) is 0 Å². The van der Waals surface area contributed by atoms with Gasteiger partial charge in [-0.05, 0) is 28.5 Å². The van der Waals surface area contributed by atoms with Gasteiger partial charge in [0.05, 0.1) is 13.5 Å². The maximum atomic E-state index is 12.5. The second-order valence-corrected chi connectivity index (χ2v) is 7.11. The lowest BCUT2D eigenvalue weighted by Crippen LogP contribution is -2.42. The lowest BCUT2D eigenvalue weighted by molar-refractivity contribution is -0.130. The summed E-state index contributed by atoms with van der Waals surface area (Å²) in [6.45, 7) is 1.19. The Hall–Kier alpha value is -1.88. The van der Waals surface area contributed by atoms with Crippen LogP contribution in [0.3, 0.4) is 0 Å². The van der Waals surface area contributed by atoms with E-state index < -0.39 is 10.8 Å². The highest BCUT2D eigenvalue weighted by Gasteiger charge is 2.20. The first-order valence-electron chi connectivity index (χ1n) is 7.36. The third kappa shape index (κ3) is 3.14. The van der Waals surface area contributed by atoms with Crippen molar-refractivity contribution in [1.82, 2.24) is 4.90 Å². The van der Waals surface area contributed by atoms with Crippen LogP contribution in [0.1, 0.15) is 5.56 Å². The number of fused-ring (bicyclic) bond motifs is 1. The van der Waals surface area contributed by atoms with Crippen LogP contribution in [0, 0.1) is 0 Å². The van der Waals surface area contributed by atoms with Crippen molar-refractivity contribution in [1.29, 1.82) is 0 Å². The van der Waals surface area contributed by atoms with E-state index in [0.717, 1.165) is 22.1 Å². The summed E-state index contributed by atoms with van der Waals surface area (Å²) in [5.41, 5.74) is 1.01. The van der Waals surface area contributed by atoms with Gasteiger partial charge in [-0.2, -0.15) is 0 Å². The molecule has 4 nitrogen and oxygen atoms in total. The molecule has 0 atom stereocenters. The Kier molecular flexibility index (Phi) is 4.43. The highest BCUT2D eigenvalue weighted by Crippen LogP contribution is 2.24. The van der Waals surface area contributed by atoms with Crippen LogP contribution in [0.4, 0.5) is 0 Å². The van der Waals surface area contributed by atoms with Gasteiger partial charge in [-0.1, -0.05) is 24.3 Å². The number of benzene rings is 2. The molecule has 5 heteroatoms. The topological polar surface area (TPSA) is 46.6 Å². The molecule has 0 radical (unpaired) electrons. The van der Waals surface area contributed by atoms with Gasteiger partial charge in [0.1, 0.15) is 5.75 Å².